The van der Waals surface area contributed by atoms with E-state index in [1.54, 1.807) is 10.9 Å². The van der Waals surface area contributed by atoms with E-state index >= 15 is 0 Å². The predicted molar refractivity (Wildman–Crippen MR) is 96.0 cm³/mol. The van der Waals surface area contributed by atoms with Crippen molar-refractivity contribution in [1.29, 1.82) is 0 Å². The Hall–Kier alpha value is -2.87. The molecule has 1 amide bonds. The highest BCUT2D eigenvalue weighted by Gasteiger charge is 2.15. The lowest BCUT2D eigenvalue weighted by atomic mass is 10.2. The van der Waals surface area contributed by atoms with Crippen LogP contribution in [0.4, 0.5) is 4.39 Å². The summed E-state index contributed by atoms with van der Waals surface area (Å²) >= 11 is 5.89. The number of ether oxygens (including phenoxy) is 1. The van der Waals surface area contributed by atoms with Gasteiger partial charge >= 0.3 is 0 Å². The van der Waals surface area contributed by atoms with Crippen molar-refractivity contribution < 1.29 is 18.4 Å². The third kappa shape index (κ3) is 5.30. The van der Waals surface area contributed by atoms with Crippen LogP contribution < -0.4 is 10.1 Å². The fourth-order valence-electron chi connectivity index (χ4n) is 2.36. The Morgan fingerprint density at radius 2 is 2.30 bits per heavy atom. The molecule has 0 aliphatic rings. The summed E-state index contributed by atoms with van der Waals surface area (Å²) in [6.07, 6.45) is 4.30. The zero-order valence-corrected chi connectivity index (χ0v) is 15.3. The molecule has 0 aliphatic carbocycles. The lowest BCUT2D eigenvalue weighted by molar-refractivity contribution is 0.0928. The molecule has 0 saturated heterocycles. The number of carbonyl (C=O) groups is 1. The highest BCUT2D eigenvalue weighted by molar-refractivity contribution is 6.32. The number of amides is 1. The zero-order chi connectivity index (χ0) is 19.2. The maximum atomic E-state index is 13.0. The van der Waals surface area contributed by atoms with E-state index in [4.69, 9.17) is 20.9 Å². The second-order valence-corrected chi connectivity index (χ2v) is 6.38. The summed E-state index contributed by atoms with van der Waals surface area (Å²) in [6.45, 7) is 2.62. The zero-order valence-electron chi connectivity index (χ0n) is 14.6. The summed E-state index contributed by atoms with van der Waals surface area (Å²) in [6, 6.07) is 7.10. The van der Waals surface area contributed by atoms with Crippen molar-refractivity contribution in [2.24, 2.45) is 0 Å². The van der Waals surface area contributed by atoms with E-state index in [1.165, 1.54) is 18.2 Å². The van der Waals surface area contributed by atoms with E-state index in [0.29, 0.717) is 18.1 Å². The third-order valence-electron chi connectivity index (χ3n) is 3.78. The first-order valence-electron chi connectivity index (χ1n) is 8.33. The molecule has 1 atom stereocenters. The van der Waals surface area contributed by atoms with Gasteiger partial charge in [-0.15, -0.1) is 0 Å². The molecule has 2 heterocycles. The molecule has 0 aliphatic heterocycles. The van der Waals surface area contributed by atoms with Crippen molar-refractivity contribution in [3.63, 3.8) is 0 Å². The molecule has 142 valence electrons. The maximum absolute atomic E-state index is 13.0. The first-order valence-corrected chi connectivity index (χ1v) is 8.71. The molecular weight excluding hydrogens is 375 g/mol. The minimum atomic E-state index is -0.451. The Balaban J connectivity index is 1.49. The fourth-order valence-corrected chi connectivity index (χ4v) is 2.58. The van der Waals surface area contributed by atoms with Crippen LogP contribution in [0.3, 0.4) is 0 Å². The number of aryl methyl sites for hydroxylation is 1. The van der Waals surface area contributed by atoms with Crippen LogP contribution in [0.1, 0.15) is 29.6 Å². The number of nitrogens with one attached hydrogen (secondary N) is 1. The molecule has 27 heavy (non-hydrogen) atoms. The molecule has 0 saturated carbocycles. The number of hydrogen-bond acceptors (Lipinski definition) is 5. The topological polar surface area (TPSA) is 82.2 Å². The quantitative estimate of drug-likeness (QED) is 0.635. The Morgan fingerprint density at radius 3 is 3.04 bits per heavy atom. The van der Waals surface area contributed by atoms with Crippen LogP contribution in [0.15, 0.2) is 47.2 Å². The molecule has 0 unspecified atom stereocenters. The summed E-state index contributed by atoms with van der Waals surface area (Å²) in [5.41, 5.74) is 0.157. The molecule has 3 aromatic rings. The monoisotopic (exact) mass is 392 g/mol. The normalized spacial score (nSPS) is 12.0. The Morgan fingerprint density at radius 1 is 1.44 bits per heavy atom. The van der Waals surface area contributed by atoms with Gasteiger partial charge in [0.25, 0.3) is 5.91 Å². The number of halogens is 2. The number of aromatic nitrogens is 3. The molecule has 0 radical (unpaired) electrons. The first kappa shape index (κ1) is 18.9. The van der Waals surface area contributed by atoms with Crippen molar-refractivity contribution in [3.8, 4) is 5.75 Å². The minimum absolute atomic E-state index is 0.0144. The van der Waals surface area contributed by atoms with Crippen molar-refractivity contribution in [2.45, 2.75) is 32.5 Å². The smallest absolute Gasteiger partial charge is 0.273 e. The highest BCUT2D eigenvalue weighted by atomic mass is 35.5. The molecule has 1 N–H and O–H groups in total. The number of hydrogen-bond donors (Lipinski definition) is 1. The van der Waals surface area contributed by atoms with E-state index in [-0.39, 0.29) is 29.3 Å². The van der Waals surface area contributed by atoms with Crippen molar-refractivity contribution in [1.82, 2.24) is 20.3 Å². The SMILES string of the molecule is C[C@@H](CCn1cccn1)NC(=O)c1cc(COc2ccc(F)cc2Cl)on1. The van der Waals surface area contributed by atoms with Crippen LogP contribution in [-0.4, -0.2) is 26.9 Å². The van der Waals surface area contributed by atoms with Gasteiger partial charge < -0.3 is 14.6 Å². The van der Waals surface area contributed by atoms with Gasteiger partial charge in [-0.3, -0.25) is 9.48 Å². The van der Waals surface area contributed by atoms with Crippen molar-refractivity contribution >= 4 is 17.5 Å². The number of nitrogens with zero attached hydrogens (tertiary/aromatic N) is 3. The highest BCUT2D eigenvalue weighted by Crippen LogP contribution is 2.25. The third-order valence-corrected chi connectivity index (χ3v) is 4.08. The molecule has 7 nitrogen and oxygen atoms in total. The summed E-state index contributed by atoms with van der Waals surface area (Å²) in [5, 5.41) is 10.9. The largest absolute Gasteiger partial charge is 0.484 e. The molecule has 0 spiro atoms. The number of benzene rings is 1. The van der Waals surface area contributed by atoms with E-state index in [9.17, 15) is 9.18 Å². The Kier molecular flexibility index (Phi) is 6.08. The molecule has 2 aromatic heterocycles. The standard InChI is InChI=1S/C18H18ClFN4O3/c1-12(5-8-24-7-2-6-21-24)22-18(25)16-10-14(27-23-16)11-26-17-4-3-13(20)9-15(17)19/h2-4,6-7,9-10,12H,5,8,11H2,1H3,(H,22,25)/t12-/m0/s1. The van der Waals surface area contributed by atoms with Gasteiger partial charge in [0.1, 0.15) is 18.2 Å². The maximum Gasteiger partial charge on any atom is 0.273 e. The van der Waals surface area contributed by atoms with E-state index < -0.39 is 5.82 Å². The number of rotatable bonds is 8. The van der Waals surface area contributed by atoms with Gasteiger partial charge in [-0.05, 0) is 37.6 Å². The summed E-state index contributed by atoms with van der Waals surface area (Å²) in [4.78, 5) is 12.2. The molecule has 1 aromatic carbocycles. The summed E-state index contributed by atoms with van der Waals surface area (Å²) in [7, 11) is 0. The van der Waals surface area contributed by atoms with Gasteiger partial charge in [0.2, 0.25) is 0 Å². The van der Waals surface area contributed by atoms with Gasteiger partial charge in [-0.1, -0.05) is 16.8 Å². The Labute approximate surface area is 160 Å². The van der Waals surface area contributed by atoms with Gasteiger partial charge in [0.15, 0.2) is 11.5 Å². The van der Waals surface area contributed by atoms with Crippen LogP contribution in [0.25, 0.3) is 0 Å². The molecule has 0 fully saturated rings. The van der Waals surface area contributed by atoms with E-state index in [2.05, 4.69) is 15.6 Å². The van der Waals surface area contributed by atoms with E-state index in [1.807, 2.05) is 19.2 Å². The van der Waals surface area contributed by atoms with Crippen LogP contribution in [0.2, 0.25) is 5.02 Å². The van der Waals surface area contributed by atoms with E-state index in [0.717, 1.165) is 12.5 Å². The van der Waals surface area contributed by atoms with Gasteiger partial charge in [0, 0.05) is 31.0 Å². The van der Waals surface area contributed by atoms with Crippen molar-refractivity contribution in [3.05, 3.63) is 65.0 Å². The van der Waals surface area contributed by atoms with Gasteiger partial charge in [-0.2, -0.15) is 5.10 Å². The van der Waals surface area contributed by atoms with Gasteiger partial charge in [-0.25, -0.2) is 4.39 Å². The van der Waals surface area contributed by atoms with Crippen LogP contribution in [0.5, 0.6) is 5.75 Å². The average molecular weight is 393 g/mol. The minimum Gasteiger partial charge on any atom is -0.484 e. The second kappa shape index (κ2) is 8.68. The van der Waals surface area contributed by atoms with Crippen LogP contribution >= 0.6 is 11.6 Å². The second-order valence-electron chi connectivity index (χ2n) is 5.97. The first-order chi connectivity index (χ1) is 13.0. The Bertz CT molecular complexity index is 898. The predicted octanol–water partition coefficient (Wildman–Crippen LogP) is 3.45. The van der Waals surface area contributed by atoms with Gasteiger partial charge in [0.05, 0.1) is 5.02 Å². The van der Waals surface area contributed by atoms with Crippen LogP contribution in [-0.2, 0) is 13.2 Å². The summed E-state index contributed by atoms with van der Waals surface area (Å²) < 4.78 is 25.4. The number of carbonyl (C=O) groups excluding carboxylic acids is 1. The molecular formula is C18H18ClFN4O3. The van der Waals surface area contributed by atoms with Crippen molar-refractivity contribution in [2.75, 3.05) is 0 Å². The lowest BCUT2D eigenvalue weighted by Gasteiger charge is -2.12. The molecule has 9 heteroatoms. The van der Waals surface area contributed by atoms with Crippen LogP contribution in [0, 0.1) is 5.82 Å². The lowest BCUT2D eigenvalue weighted by Crippen LogP contribution is -2.33. The molecule has 3 rings (SSSR count). The molecule has 0 bridgehead atoms. The fraction of sp³-hybridized carbons (Fsp3) is 0.278. The average Bonchev–Trinajstić information content (AvgIpc) is 3.31. The summed E-state index contributed by atoms with van der Waals surface area (Å²) in [5.74, 6) is -0.122.